The molecule has 2 nitrogen and oxygen atoms in total. The molecule has 2 aromatic carbocycles. The van der Waals surface area contributed by atoms with Crippen LogP contribution in [0.1, 0.15) is 30.7 Å². The van der Waals surface area contributed by atoms with E-state index < -0.39 is 0 Å². The van der Waals surface area contributed by atoms with Crippen LogP contribution in [0.2, 0.25) is 0 Å². The van der Waals surface area contributed by atoms with Gasteiger partial charge in [0.1, 0.15) is 11.5 Å². The van der Waals surface area contributed by atoms with Gasteiger partial charge in [-0.25, -0.2) is 0 Å². The van der Waals surface area contributed by atoms with Gasteiger partial charge in [-0.1, -0.05) is 24.3 Å². The summed E-state index contributed by atoms with van der Waals surface area (Å²) in [6.07, 6.45) is 2.77. The number of carbonyl (C=O) groups is 1. The lowest BCUT2D eigenvalue weighted by Gasteiger charge is -2.10. The highest BCUT2D eigenvalue weighted by atomic mass is 16.5. The zero-order chi connectivity index (χ0) is 12.5. The summed E-state index contributed by atoms with van der Waals surface area (Å²) < 4.78 is 5.22. The van der Waals surface area contributed by atoms with Crippen molar-refractivity contribution in [2.75, 3.05) is 7.11 Å². The number of methoxy groups -OCH3 is 1. The summed E-state index contributed by atoms with van der Waals surface area (Å²) in [5, 5.41) is 2.33. The van der Waals surface area contributed by atoms with Crippen molar-refractivity contribution in [2.24, 2.45) is 0 Å². The molecule has 2 heteroatoms. The molecule has 1 fully saturated rings. The summed E-state index contributed by atoms with van der Waals surface area (Å²) in [5.41, 5.74) is 1.16. The number of benzene rings is 2. The molecular weight excluding hydrogens is 224 g/mol. The maximum absolute atomic E-state index is 11.8. The van der Waals surface area contributed by atoms with Crippen LogP contribution in [0.25, 0.3) is 10.8 Å². The Bertz CT molecular complexity index is 601. The van der Waals surface area contributed by atoms with Crippen molar-refractivity contribution >= 4 is 16.6 Å². The Hall–Kier alpha value is -1.83. The van der Waals surface area contributed by atoms with Crippen molar-refractivity contribution in [3.05, 3.63) is 42.0 Å². The Morgan fingerprint density at radius 2 is 1.89 bits per heavy atom. The van der Waals surface area contributed by atoms with E-state index in [2.05, 4.69) is 24.3 Å². The molecule has 0 aliphatic heterocycles. The maximum atomic E-state index is 11.8. The predicted octanol–water partition coefficient (Wildman–Crippen LogP) is 3.69. The predicted molar refractivity (Wildman–Crippen MR) is 72.1 cm³/mol. The molecule has 0 aromatic heterocycles. The molecule has 0 N–H and O–H groups in total. The summed E-state index contributed by atoms with van der Waals surface area (Å²) in [6.45, 7) is 0. The number of ether oxygens (including phenoxy) is 1. The zero-order valence-corrected chi connectivity index (χ0v) is 10.5. The SMILES string of the molecule is COc1ccc2cc(C3CCCC3=O)ccc2c1. The smallest absolute Gasteiger partial charge is 0.140 e. The van der Waals surface area contributed by atoms with E-state index >= 15 is 0 Å². The van der Waals surface area contributed by atoms with Crippen LogP contribution in [0.15, 0.2) is 36.4 Å². The molecule has 0 heterocycles. The van der Waals surface area contributed by atoms with Gasteiger partial charge in [-0.05, 0) is 41.3 Å². The second-order valence-electron chi connectivity index (χ2n) is 4.88. The average Bonchev–Trinajstić information content (AvgIpc) is 2.84. The minimum Gasteiger partial charge on any atom is -0.497 e. The molecule has 3 rings (SSSR count). The van der Waals surface area contributed by atoms with Gasteiger partial charge in [-0.2, -0.15) is 0 Å². The van der Waals surface area contributed by atoms with Crippen LogP contribution in [0.3, 0.4) is 0 Å². The van der Waals surface area contributed by atoms with Gasteiger partial charge in [0.05, 0.1) is 7.11 Å². The lowest BCUT2D eigenvalue weighted by atomic mass is 9.94. The number of hydrogen-bond acceptors (Lipinski definition) is 2. The van der Waals surface area contributed by atoms with Crippen molar-refractivity contribution < 1.29 is 9.53 Å². The quantitative estimate of drug-likeness (QED) is 0.800. The molecule has 1 aliphatic rings. The normalized spacial score (nSPS) is 19.4. The first-order valence-corrected chi connectivity index (χ1v) is 6.38. The van der Waals surface area contributed by atoms with Crippen LogP contribution in [-0.2, 0) is 4.79 Å². The summed E-state index contributed by atoms with van der Waals surface area (Å²) in [6, 6.07) is 12.3. The maximum Gasteiger partial charge on any atom is 0.140 e. The van der Waals surface area contributed by atoms with Gasteiger partial charge in [0.2, 0.25) is 0 Å². The molecule has 92 valence electrons. The highest BCUT2D eigenvalue weighted by Gasteiger charge is 2.25. The van der Waals surface area contributed by atoms with Crippen molar-refractivity contribution in [2.45, 2.75) is 25.2 Å². The molecule has 0 radical (unpaired) electrons. The molecule has 1 aliphatic carbocycles. The van der Waals surface area contributed by atoms with E-state index in [1.54, 1.807) is 7.11 Å². The molecule has 0 amide bonds. The Morgan fingerprint density at radius 3 is 2.61 bits per heavy atom. The number of hydrogen-bond donors (Lipinski definition) is 0. The number of carbonyl (C=O) groups excluding carboxylic acids is 1. The fourth-order valence-corrected chi connectivity index (χ4v) is 2.75. The lowest BCUT2D eigenvalue weighted by Crippen LogP contribution is -2.03. The topological polar surface area (TPSA) is 26.3 Å². The first-order chi connectivity index (χ1) is 8.78. The van der Waals surface area contributed by atoms with Gasteiger partial charge in [0, 0.05) is 12.3 Å². The van der Waals surface area contributed by atoms with Crippen LogP contribution in [0.4, 0.5) is 0 Å². The molecule has 18 heavy (non-hydrogen) atoms. The van der Waals surface area contributed by atoms with Crippen molar-refractivity contribution in [3.63, 3.8) is 0 Å². The average molecular weight is 240 g/mol. The zero-order valence-electron chi connectivity index (χ0n) is 10.5. The van der Waals surface area contributed by atoms with Gasteiger partial charge >= 0.3 is 0 Å². The van der Waals surface area contributed by atoms with Crippen molar-refractivity contribution in [3.8, 4) is 5.75 Å². The van der Waals surface area contributed by atoms with Crippen molar-refractivity contribution in [1.82, 2.24) is 0 Å². The minimum atomic E-state index is 0.122. The second kappa shape index (κ2) is 4.45. The standard InChI is InChI=1S/C16H16O2/c1-18-14-8-7-11-9-13(6-5-12(11)10-14)15-3-2-4-16(15)17/h5-10,15H,2-4H2,1H3. The first kappa shape index (κ1) is 11.3. The van der Waals surface area contributed by atoms with Gasteiger partial charge in [-0.15, -0.1) is 0 Å². The fourth-order valence-electron chi connectivity index (χ4n) is 2.75. The number of ketones is 1. The van der Waals surface area contributed by atoms with Crippen LogP contribution >= 0.6 is 0 Å². The van der Waals surface area contributed by atoms with Gasteiger partial charge in [0.25, 0.3) is 0 Å². The molecule has 0 spiro atoms. The van der Waals surface area contributed by atoms with E-state index in [9.17, 15) is 4.79 Å². The van der Waals surface area contributed by atoms with E-state index in [0.29, 0.717) is 5.78 Å². The number of Topliss-reactive ketones (excluding diaryl/α,β-unsaturated/α-hetero) is 1. The van der Waals surface area contributed by atoms with Crippen LogP contribution in [0.5, 0.6) is 5.75 Å². The first-order valence-electron chi connectivity index (χ1n) is 6.38. The summed E-state index contributed by atoms with van der Waals surface area (Å²) in [4.78, 5) is 11.8. The largest absolute Gasteiger partial charge is 0.497 e. The van der Waals surface area contributed by atoms with Gasteiger partial charge < -0.3 is 4.74 Å². The third-order valence-electron chi connectivity index (χ3n) is 3.78. The Morgan fingerprint density at radius 1 is 1.11 bits per heavy atom. The van der Waals surface area contributed by atoms with Gasteiger partial charge in [0.15, 0.2) is 0 Å². The van der Waals surface area contributed by atoms with Crippen LogP contribution in [-0.4, -0.2) is 12.9 Å². The van der Waals surface area contributed by atoms with E-state index in [1.807, 2.05) is 12.1 Å². The minimum absolute atomic E-state index is 0.122. The molecule has 1 saturated carbocycles. The summed E-state index contributed by atoms with van der Waals surface area (Å²) in [7, 11) is 1.67. The highest BCUT2D eigenvalue weighted by molar-refractivity contribution is 5.90. The van der Waals surface area contributed by atoms with Gasteiger partial charge in [-0.3, -0.25) is 4.79 Å². The monoisotopic (exact) mass is 240 g/mol. The third kappa shape index (κ3) is 1.88. The number of fused-ring (bicyclic) bond motifs is 1. The van der Waals surface area contributed by atoms with E-state index in [1.165, 1.54) is 5.39 Å². The Balaban J connectivity index is 2.03. The van der Waals surface area contributed by atoms with E-state index in [4.69, 9.17) is 4.74 Å². The molecule has 1 unspecified atom stereocenters. The Kier molecular flexibility index (Phi) is 2.78. The molecular formula is C16H16O2. The molecule has 0 bridgehead atoms. The lowest BCUT2D eigenvalue weighted by molar-refractivity contribution is -0.118. The number of rotatable bonds is 2. The fraction of sp³-hybridized carbons (Fsp3) is 0.312. The second-order valence-corrected chi connectivity index (χ2v) is 4.88. The van der Waals surface area contributed by atoms with Crippen LogP contribution < -0.4 is 4.74 Å². The van der Waals surface area contributed by atoms with Crippen LogP contribution in [0, 0.1) is 0 Å². The van der Waals surface area contributed by atoms with E-state index in [-0.39, 0.29) is 5.92 Å². The van der Waals surface area contributed by atoms with E-state index in [0.717, 1.165) is 36.0 Å². The molecule has 0 saturated heterocycles. The molecule has 1 atom stereocenters. The highest BCUT2D eigenvalue weighted by Crippen LogP contribution is 2.33. The summed E-state index contributed by atoms with van der Waals surface area (Å²) >= 11 is 0. The third-order valence-corrected chi connectivity index (χ3v) is 3.78. The summed E-state index contributed by atoms with van der Waals surface area (Å²) in [5.74, 6) is 1.38. The Labute approximate surface area is 107 Å². The molecule has 2 aromatic rings. The van der Waals surface area contributed by atoms with Crippen molar-refractivity contribution in [1.29, 1.82) is 0 Å².